The first-order valence-electron chi connectivity index (χ1n) is 10.1. The minimum Gasteiger partial charge on any atom is -0.497 e. The van der Waals surface area contributed by atoms with Crippen LogP contribution in [0.1, 0.15) is 35.2 Å². The average molecular weight is 421 g/mol. The highest BCUT2D eigenvalue weighted by molar-refractivity contribution is 7.07. The Morgan fingerprint density at radius 2 is 1.73 bits per heavy atom. The fourth-order valence-electron chi connectivity index (χ4n) is 3.57. The number of ketones is 1. The molecular weight excluding hydrogens is 396 g/mol. The summed E-state index contributed by atoms with van der Waals surface area (Å²) in [5, 5.41) is 0. The van der Waals surface area contributed by atoms with Crippen LogP contribution in [0.25, 0.3) is 12.2 Å². The molecule has 2 heterocycles. The van der Waals surface area contributed by atoms with Gasteiger partial charge in [-0.2, -0.15) is 0 Å². The number of thiazole rings is 1. The Bertz CT molecular complexity index is 1180. The Morgan fingerprint density at radius 3 is 2.40 bits per heavy atom. The summed E-state index contributed by atoms with van der Waals surface area (Å²) in [5.74, 6) is 0.534. The molecule has 0 atom stereocenters. The molecule has 0 aliphatic carbocycles. The third-order valence-corrected chi connectivity index (χ3v) is 6.19. The van der Waals surface area contributed by atoms with Crippen molar-refractivity contribution in [3.8, 4) is 5.75 Å². The van der Waals surface area contributed by atoms with Crippen LogP contribution in [-0.2, 0) is 0 Å². The molecule has 4 rings (SSSR count). The molecule has 0 spiro atoms. The van der Waals surface area contributed by atoms with E-state index in [0.29, 0.717) is 20.5 Å². The fraction of sp³-hybridized carbons (Fsp3) is 0.250. The van der Waals surface area contributed by atoms with Crippen molar-refractivity contribution in [3.63, 3.8) is 0 Å². The molecule has 154 valence electrons. The topological polar surface area (TPSA) is 62.4 Å². The van der Waals surface area contributed by atoms with Crippen molar-refractivity contribution in [3.05, 3.63) is 79.2 Å². The molecule has 0 radical (unpaired) electrons. The summed E-state index contributed by atoms with van der Waals surface area (Å²) >= 11 is 1.28. The maximum absolute atomic E-state index is 12.5. The fourth-order valence-corrected chi connectivity index (χ4v) is 4.45. The first-order chi connectivity index (χ1) is 14.6. The van der Waals surface area contributed by atoms with E-state index in [4.69, 9.17) is 4.74 Å². The van der Waals surface area contributed by atoms with Crippen molar-refractivity contribution in [2.45, 2.75) is 19.3 Å². The van der Waals surface area contributed by atoms with Gasteiger partial charge in [0.05, 0.1) is 16.3 Å². The number of anilines is 1. The van der Waals surface area contributed by atoms with Crippen LogP contribution in [0.2, 0.25) is 0 Å². The smallest absolute Gasteiger partial charge is 0.266 e. The number of carbonyl (C=O) groups is 1. The second kappa shape index (κ2) is 9.13. The number of piperidine rings is 1. The van der Waals surface area contributed by atoms with Crippen LogP contribution in [-0.4, -0.2) is 31.0 Å². The van der Waals surface area contributed by atoms with Gasteiger partial charge in [0, 0.05) is 30.4 Å². The number of aromatic nitrogens is 1. The van der Waals surface area contributed by atoms with Gasteiger partial charge < -0.3 is 14.6 Å². The first-order valence-corrected chi connectivity index (χ1v) is 10.9. The highest BCUT2D eigenvalue weighted by Crippen LogP contribution is 2.20. The summed E-state index contributed by atoms with van der Waals surface area (Å²) < 4.78 is 6.23. The van der Waals surface area contributed by atoms with Gasteiger partial charge in [-0.05, 0) is 67.3 Å². The van der Waals surface area contributed by atoms with Gasteiger partial charge in [0.2, 0.25) is 0 Å². The molecule has 30 heavy (non-hydrogen) atoms. The summed E-state index contributed by atoms with van der Waals surface area (Å²) in [6.07, 6.45) is 7.12. The predicted molar refractivity (Wildman–Crippen MR) is 122 cm³/mol. The van der Waals surface area contributed by atoms with Crippen molar-refractivity contribution >= 4 is 35.0 Å². The molecule has 1 aliphatic heterocycles. The van der Waals surface area contributed by atoms with Gasteiger partial charge >= 0.3 is 0 Å². The Hall–Kier alpha value is -3.12. The van der Waals surface area contributed by atoms with E-state index >= 15 is 0 Å². The van der Waals surface area contributed by atoms with E-state index in [0.717, 1.165) is 18.7 Å². The molecule has 1 saturated heterocycles. The second-order valence-corrected chi connectivity index (χ2v) is 8.39. The first kappa shape index (κ1) is 20.2. The van der Waals surface area contributed by atoms with Gasteiger partial charge in [0.25, 0.3) is 5.56 Å². The Labute approximate surface area is 179 Å². The maximum atomic E-state index is 12.5. The largest absolute Gasteiger partial charge is 0.497 e. The summed E-state index contributed by atoms with van der Waals surface area (Å²) in [4.78, 5) is 30.0. The molecular formula is C24H24N2O3S. The van der Waals surface area contributed by atoms with Crippen LogP contribution in [0.15, 0.2) is 53.3 Å². The van der Waals surface area contributed by atoms with Gasteiger partial charge in [-0.25, -0.2) is 0 Å². The zero-order valence-electron chi connectivity index (χ0n) is 16.9. The zero-order valence-corrected chi connectivity index (χ0v) is 17.7. The number of hydrogen-bond acceptors (Lipinski definition) is 5. The summed E-state index contributed by atoms with van der Waals surface area (Å²) in [5.41, 5.74) is 2.56. The molecule has 2 aromatic carbocycles. The van der Waals surface area contributed by atoms with Gasteiger partial charge in [0.15, 0.2) is 5.78 Å². The summed E-state index contributed by atoms with van der Waals surface area (Å²) in [7, 11) is 1.58. The molecule has 1 N–H and O–H groups in total. The van der Waals surface area contributed by atoms with Crippen molar-refractivity contribution in [2.24, 2.45) is 0 Å². The molecule has 3 aromatic rings. The number of H-pyrrole nitrogens is 1. The van der Waals surface area contributed by atoms with Crippen molar-refractivity contribution in [2.75, 3.05) is 25.1 Å². The average Bonchev–Trinajstić information content (AvgIpc) is 3.13. The predicted octanol–water partition coefficient (Wildman–Crippen LogP) is 2.93. The highest BCUT2D eigenvalue weighted by Gasteiger charge is 2.10. The van der Waals surface area contributed by atoms with E-state index < -0.39 is 0 Å². The molecule has 1 aromatic heterocycles. The molecule has 0 unspecified atom stereocenters. The summed E-state index contributed by atoms with van der Waals surface area (Å²) in [6, 6.07) is 15.2. The van der Waals surface area contributed by atoms with Crippen LogP contribution in [0.4, 0.5) is 5.69 Å². The Kier molecular flexibility index (Phi) is 6.14. The number of nitrogens with one attached hydrogen (secondary N) is 1. The van der Waals surface area contributed by atoms with Crippen LogP contribution in [0.5, 0.6) is 5.75 Å². The normalized spacial score (nSPS) is 15.4. The van der Waals surface area contributed by atoms with E-state index in [1.54, 1.807) is 31.4 Å². The third-order valence-electron chi connectivity index (χ3n) is 5.23. The van der Waals surface area contributed by atoms with Crippen LogP contribution >= 0.6 is 11.3 Å². The lowest BCUT2D eigenvalue weighted by molar-refractivity contribution is 0.106. The lowest BCUT2D eigenvalue weighted by Crippen LogP contribution is -2.29. The number of hydrogen-bond donors (Lipinski definition) is 1. The van der Waals surface area contributed by atoms with E-state index in [1.165, 1.54) is 42.4 Å². The molecule has 0 saturated carbocycles. The SMILES string of the molecule is COc1ccc(C(=O)/C=c2\[nH]c(=O)/c(=C\c3ccc(N4CCCCC4)cc3)s2)cc1. The number of carbonyl (C=O) groups excluding carboxylic acids is 1. The van der Waals surface area contributed by atoms with E-state index in [2.05, 4.69) is 22.0 Å². The molecule has 1 fully saturated rings. The molecule has 1 aliphatic rings. The number of nitrogens with zero attached hydrogens (tertiary/aromatic N) is 1. The van der Waals surface area contributed by atoms with Gasteiger partial charge in [-0.3, -0.25) is 9.59 Å². The summed E-state index contributed by atoms with van der Waals surface area (Å²) in [6.45, 7) is 2.21. The Balaban J connectivity index is 1.55. The number of Topliss-reactive ketones (excluding diaryl/α,β-unsaturated/α-hetero) is 1. The molecule has 0 bridgehead atoms. The van der Waals surface area contributed by atoms with Crippen LogP contribution in [0.3, 0.4) is 0 Å². The van der Waals surface area contributed by atoms with Crippen LogP contribution in [0, 0.1) is 0 Å². The third kappa shape index (κ3) is 4.71. The number of ether oxygens (including phenoxy) is 1. The number of aromatic amines is 1. The van der Waals surface area contributed by atoms with Gasteiger partial charge in [-0.1, -0.05) is 12.1 Å². The van der Waals surface area contributed by atoms with Gasteiger partial charge in [-0.15, -0.1) is 11.3 Å². The Morgan fingerprint density at radius 1 is 1.03 bits per heavy atom. The standard InChI is InChI=1S/C24H24N2O3S/c1-29-20-11-7-18(8-12-20)21(27)16-23-25-24(28)22(30-23)15-17-5-9-19(10-6-17)26-13-3-2-4-14-26/h5-12,15-16H,2-4,13-14H2,1H3,(H,25,28)/b22-15+,23-16+. The minimum absolute atomic E-state index is 0.160. The minimum atomic E-state index is -0.186. The number of benzene rings is 2. The zero-order chi connectivity index (χ0) is 20.9. The van der Waals surface area contributed by atoms with Crippen molar-refractivity contribution in [1.29, 1.82) is 0 Å². The highest BCUT2D eigenvalue weighted by atomic mass is 32.1. The lowest BCUT2D eigenvalue weighted by atomic mass is 10.1. The quantitative estimate of drug-likeness (QED) is 0.645. The van der Waals surface area contributed by atoms with E-state index in [9.17, 15) is 9.59 Å². The van der Waals surface area contributed by atoms with Crippen molar-refractivity contribution in [1.82, 2.24) is 4.98 Å². The second-order valence-electron chi connectivity index (χ2n) is 7.31. The monoisotopic (exact) mass is 420 g/mol. The van der Waals surface area contributed by atoms with E-state index in [-0.39, 0.29) is 11.3 Å². The number of rotatable bonds is 5. The lowest BCUT2D eigenvalue weighted by Gasteiger charge is -2.28. The molecule has 0 amide bonds. The van der Waals surface area contributed by atoms with Crippen molar-refractivity contribution < 1.29 is 9.53 Å². The molecule has 6 heteroatoms. The number of methoxy groups -OCH3 is 1. The maximum Gasteiger partial charge on any atom is 0.266 e. The van der Waals surface area contributed by atoms with Gasteiger partial charge in [0.1, 0.15) is 5.75 Å². The van der Waals surface area contributed by atoms with Crippen LogP contribution < -0.4 is 24.4 Å². The molecule has 5 nitrogen and oxygen atoms in total. The van der Waals surface area contributed by atoms with E-state index in [1.807, 2.05) is 18.2 Å².